The van der Waals surface area contributed by atoms with Crippen LogP contribution in [0.2, 0.25) is 0 Å². The summed E-state index contributed by atoms with van der Waals surface area (Å²) in [5.41, 5.74) is 6.94. The molecule has 0 aliphatic carbocycles. The minimum absolute atomic E-state index is 0. The highest BCUT2D eigenvalue weighted by Gasteiger charge is 2.28. The Morgan fingerprint density at radius 3 is 2.04 bits per heavy atom. The minimum Gasteiger partial charge on any atom is -0.342 e. The SMILES string of the molecule is Cl.Cl.NC(C(=O)N1CCN(CC(=O)N2CCCC2)CC1)c1ccccc1. The van der Waals surface area contributed by atoms with Crippen molar-refractivity contribution in [3.05, 3.63) is 35.9 Å². The Morgan fingerprint density at radius 2 is 1.46 bits per heavy atom. The van der Waals surface area contributed by atoms with Crippen molar-refractivity contribution in [1.82, 2.24) is 14.7 Å². The highest BCUT2D eigenvalue weighted by molar-refractivity contribution is 5.85. The summed E-state index contributed by atoms with van der Waals surface area (Å²) in [5.74, 6) is 0.181. The summed E-state index contributed by atoms with van der Waals surface area (Å²) in [6.07, 6.45) is 2.23. The average Bonchev–Trinajstić information content (AvgIpc) is 3.17. The molecule has 2 fully saturated rings. The number of rotatable bonds is 4. The van der Waals surface area contributed by atoms with Gasteiger partial charge in [0.25, 0.3) is 0 Å². The van der Waals surface area contributed by atoms with Gasteiger partial charge in [0.2, 0.25) is 11.8 Å². The first-order valence-electron chi connectivity index (χ1n) is 8.74. The van der Waals surface area contributed by atoms with Gasteiger partial charge < -0.3 is 15.5 Å². The first-order valence-corrected chi connectivity index (χ1v) is 8.74. The number of hydrogen-bond donors (Lipinski definition) is 1. The van der Waals surface area contributed by atoms with Gasteiger partial charge in [0.15, 0.2) is 0 Å². The van der Waals surface area contributed by atoms with Gasteiger partial charge in [0.05, 0.1) is 6.54 Å². The first kappa shape index (κ1) is 22.7. The highest BCUT2D eigenvalue weighted by Crippen LogP contribution is 2.15. The maximum absolute atomic E-state index is 12.5. The van der Waals surface area contributed by atoms with Crippen molar-refractivity contribution in [2.24, 2.45) is 5.73 Å². The second-order valence-corrected chi connectivity index (χ2v) is 6.58. The molecule has 2 N–H and O–H groups in total. The van der Waals surface area contributed by atoms with Crippen LogP contribution in [0.4, 0.5) is 0 Å². The van der Waals surface area contributed by atoms with E-state index < -0.39 is 6.04 Å². The van der Waals surface area contributed by atoms with Gasteiger partial charge in [0.1, 0.15) is 6.04 Å². The van der Waals surface area contributed by atoms with Crippen LogP contribution in [-0.4, -0.2) is 72.3 Å². The normalized spacial score (nSPS) is 18.7. The molecule has 1 atom stereocenters. The molecule has 0 aromatic heterocycles. The molecule has 146 valence electrons. The van der Waals surface area contributed by atoms with Crippen molar-refractivity contribution in [2.45, 2.75) is 18.9 Å². The van der Waals surface area contributed by atoms with E-state index in [2.05, 4.69) is 4.90 Å². The molecule has 26 heavy (non-hydrogen) atoms. The number of nitrogens with zero attached hydrogens (tertiary/aromatic N) is 3. The lowest BCUT2D eigenvalue weighted by Crippen LogP contribution is -2.53. The van der Waals surface area contributed by atoms with Gasteiger partial charge in [-0.15, -0.1) is 24.8 Å². The van der Waals surface area contributed by atoms with Gasteiger partial charge in [-0.05, 0) is 18.4 Å². The van der Waals surface area contributed by atoms with Gasteiger partial charge in [-0.25, -0.2) is 0 Å². The third kappa shape index (κ3) is 5.58. The summed E-state index contributed by atoms with van der Waals surface area (Å²) >= 11 is 0. The lowest BCUT2D eigenvalue weighted by atomic mass is 10.1. The van der Waals surface area contributed by atoms with Crippen LogP contribution in [0.5, 0.6) is 0 Å². The maximum atomic E-state index is 12.5. The molecule has 2 heterocycles. The molecular formula is C18H28Cl2N4O2. The minimum atomic E-state index is -0.607. The molecule has 1 aromatic carbocycles. The van der Waals surface area contributed by atoms with E-state index >= 15 is 0 Å². The number of benzene rings is 1. The number of carbonyl (C=O) groups is 2. The van der Waals surface area contributed by atoms with Crippen LogP contribution < -0.4 is 5.73 Å². The monoisotopic (exact) mass is 402 g/mol. The topological polar surface area (TPSA) is 69.9 Å². The Hall–Kier alpha value is -1.34. The lowest BCUT2D eigenvalue weighted by Gasteiger charge is -2.36. The number of piperazine rings is 1. The van der Waals surface area contributed by atoms with E-state index in [0.717, 1.165) is 44.6 Å². The third-order valence-corrected chi connectivity index (χ3v) is 4.93. The fraction of sp³-hybridized carbons (Fsp3) is 0.556. The smallest absolute Gasteiger partial charge is 0.244 e. The molecular weight excluding hydrogens is 375 g/mol. The highest BCUT2D eigenvalue weighted by atomic mass is 35.5. The Kier molecular flexibility index (Phi) is 9.36. The molecule has 0 spiro atoms. The molecule has 1 unspecified atom stereocenters. The molecule has 0 saturated carbocycles. The number of halogens is 2. The summed E-state index contributed by atoms with van der Waals surface area (Å²) in [7, 11) is 0. The van der Waals surface area contributed by atoms with Crippen molar-refractivity contribution in [1.29, 1.82) is 0 Å². The van der Waals surface area contributed by atoms with Gasteiger partial charge in [-0.1, -0.05) is 30.3 Å². The number of hydrogen-bond acceptors (Lipinski definition) is 4. The molecule has 2 amide bonds. The van der Waals surface area contributed by atoms with Crippen LogP contribution >= 0.6 is 24.8 Å². The van der Waals surface area contributed by atoms with Crippen molar-refractivity contribution >= 4 is 36.6 Å². The van der Waals surface area contributed by atoms with Gasteiger partial charge in [-0.2, -0.15) is 0 Å². The number of likely N-dealkylation sites (tertiary alicyclic amines) is 1. The summed E-state index contributed by atoms with van der Waals surface area (Å²) in [5, 5.41) is 0. The number of carbonyl (C=O) groups excluding carboxylic acids is 2. The van der Waals surface area contributed by atoms with Crippen molar-refractivity contribution < 1.29 is 9.59 Å². The van der Waals surface area contributed by atoms with E-state index in [9.17, 15) is 9.59 Å². The summed E-state index contributed by atoms with van der Waals surface area (Å²) in [6, 6.07) is 8.86. The van der Waals surface area contributed by atoms with E-state index in [1.54, 1.807) is 0 Å². The van der Waals surface area contributed by atoms with Crippen LogP contribution in [-0.2, 0) is 9.59 Å². The zero-order valence-corrected chi connectivity index (χ0v) is 16.5. The molecule has 2 aliphatic heterocycles. The summed E-state index contributed by atoms with van der Waals surface area (Å²) in [4.78, 5) is 30.6. The summed E-state index contributed by atoms with van der Waals surface area (Å²) in [6.45, 7) is 4.97. The maximum Gasteiger partial charge on any atom is 0.244 e. The van der Waals surface area contributed by atoms with Gasteiger partial charge >= 0.3 is 0 Å². The van der Waals surface area contributed by atoms with E-state index in [1.807, 2.05) is 40.1 Å². The Balaban J connectivity index is 0.00000169. The predicted octanol–water partition coefficient (Wildman–Crippen LogP) is 1.30. The molecule has 8 heteroatoms. The predicted molar refractivity (Wildman–Crippen MR) is 107 cm³/mol. The van der Waals surface area contributed by atoms with E-state index in [0.29, 0.717) is 19.6 Å². The quantitative estimate of drug-likeness (QED) is 0.823. The van der Waals surface area contributed by atoms with Crippen LogP contribution in [0, 0.1) is 0 Å². The van der Waals surface area contributed by atoms with Crippen LogP contribution in [0.25, 0.3) is 0 Å². The van der Waals surface area contributed by atoms with E-state index in [1.165, 1.54) is 0 Å². The van der Waals surface area contributed by atoms with Gasteiger partial charge in [-0.3, -0.25) is 14.5 Å². The van der Waals surface area contributed by atoms with Gasteiger partial charge in [0, 0.05) is 39.3 Å². The Morgan fingerprint density at radius 1 is 0.885 bits per heavy atom. The average molecular weight is 403 g/mol. The molecule has 2 aliphatic rings. The largest absolute Gasteiger partial charge is 0.342 e. The molecule has 0 radical (unpaired) electrons. The van der Waals surface area contributed by atoms with E-state index in [-0.39, 0.29) is 36.6 Å². The van der Waals surface area contributed by atoms with Crippen molar-refractivity contribution in [3.63, 3.8) is 0 Å². The second kappa shape index (κ2) is 10.7. The second-order valence-electron chi connectivity index (χ2n) is 6.58. The first-order chi connectivity index (χ1) is 11.6. The fourth-order valence-electron chi connectivity index (χ4n) is 3.38. The van der Waals surface area contributed by atoms with Crippen molar-refractivity contribution in [3.8, 4) is 0 Å². The van der Waals surface area contributed by atoms with Crippen LogP contribution in [0.3, 0.4) is 0 Å². The lowest BCUT2D eigenvalue weighted by molar-refractivity contribution is -0.135. The molecule has 2 saturated heterocycles. The van der Waals surface area contributed by atoms with Crippen LogP contribution in [0.1, 0.15) is 24.4 Å². The summed E-state index contributed by atoms with van der Waals surface area (Å²) < 4.78 is 0. The standard InChI is InChI=1S/C18H26N4O2.2ClH/c19-17(15-6-2-1-3-7-15)18(24)22-12-10-20(11-13-22)14-16(23)21-8-4-5-9-21;;/h1-3,6-7,17H,4-5,8-14,19H2;2*1H. The zero-order chi connectivity index (χ0) is 16.9. The van der Waals surface area contributed by atoms with Crippen molar-refractivity contribution in [2.75, 3.05) is 45.8 Å². The molecule has 1 aromatic rings. The Bertz CT molecular complexity index is 574. The van der Waals surface area contributed by atoms with Crippen LogP contribution in [0.15, 0.2) is 30.3 Å². The third-order valence-electron chi connectivity index (χ3n) is 4.93. The molecule has 6 nitrogen and oxygen atoms in total. The molecule has 0 bridgehead atoms. The zero-order valence-electron chi connectivity index (χ0n) is 14.9. The fourth-order valence-corrected chi connectivity index (χ4v) is 3.38. The number of amides is 2. The Labute approximate surface area is 167 Å². The number of nitrogens with two attached hydrogens (primary N) is 1. The molecule has 3 rings (SSSR count). The van der Waals surface area contributed by atoms with E-state index in [4.69, 9.17) is 5.73 Å².